The van der Waals surface area contributed by atoms with E-state index in [0.717, 1.165) is 38.2 Å². The molecule has 3 nitrogen and oxygen atoms in total. The molecule has 0 saturated heterocycles. The van der Waals surface area contributed by atoms with Gasteiger partial charge in [-0.15, -0.1) is 0 Å². The van der Waals surface area contributed by atoms with E-state index in [0.29, 0.717) is 0 Å². The van der Waals surface area contributed by atoms with Crippen molar-refractivity contribution in [1.82, 2.24) is 0 Å². The molecule has 0 saturated carbocycles. The molecular weight excluding hydrogens is 329 g/mol. The summed E-state index contributed by atoms with van der Waals surface area (Å²) in [5, 5.41) is 0. The van der Waals surface area contributed by atoms with E-state index in [1.165, 1.54) is 0 Å². The zero-order valence-electron chi connectivity index (χ0n) is 11.0. The topological polar surface area (TPSA) is 29.5 Å². The number of para-hydroxylation sites is 4. The molecular formula is C17H11NO2Se. The van der Waals surface area contributed by atoms with Crippen molar-refractivity contribution >= 4 is 36.7 Å². The van der Waals surface area contributed by atoms with Crippen LogP contribution in [0.25, 0.3) is 0 Å². The third-order valence-corrected chi connectivity index (χ3v) is 5.47. The first-order valence-corrected chi connectivity index (χ1v) is 8.29. The molecule has 102 valence electrons. The van der Waals surface area contributed by atoms with E-state index in [-0.39, 0.29) is 14.5 Å². The molecule has 21 heavy (non-hydrogen) atoms. The van der Waals surface area contributed by atoms with Crippen LogP contribution in [0.1, 0.15) is 9.23 Å². The number of carbonyl (C=O) groups excluding carboxylic acids is 1. The van der Waals surface area contributed by atoms with Gasteiger partial charge < -0.3 is 0 Å². The fourth-order valence-corrected chi connectivity index (χ4v) is 4.25. The van der Waals surface area contributed by atoms with Gasteiger partial charge in [0, 0.05) is 0 Å². The molecule has 0 atom stereocenters. The maximum atomic E-state index is 11.0. The molecule has 3 aromatic rings. The third kappa shape index (κ3) is 2.00. The van der Waals surface area contributed by atoms with Gasteiger partial charge in [0.1, 0.15) is 0 Å². The molecule has 0 amide bonds. The van der Waals surface area contributed by atoms with Crippen molar-refractivity contribution in [3.8, 4) is 11.5 Å². The first kappa shape index (κ1) is 12.5. The Labute approximate surface area is 128 Å². The number of anilines is 3. The van der Waals surface area contributed by atoms with E-state index in [1.807, 2.05) is 60.7 Å². The maximum absolute atomic E-state index is 11.0. The first-order chi connectivity index (χ1) is 10.4. The number of carbonyl (C=O) groups is 1. The monoisotopic (exact) mass is 341 g/mol. The normalized spacial score (nSPS) is 12.3. The molecule has 1 aliphatic heterocycles. The molecule has 0 aliphatic carbocycles. The van der Waals surface area contributed by atoms with Crippen LogP contribution in [0.2, 0.25) is 0 Å². The molecule has 0 fully saturated rings. The van der Waals surface area contributed by atoms with Gasteiger partial charge >= 0.3 is 128 Å². The van der Waals surface area contributed by atoms with E-state index in [4.69, 9.17) is 4.74 Å². The van der Waals surface area contributed by atoms with Gasteiger partial charge in [-0.3, -0.25) is 0 Å². The van der Waals surface area contributed by atoms with Crippen molar-refractivity contribution in [2.24, 2.45) is 0 Å². The van der Waals surface area contributed by atoms with Crippen LogP contribution in [0, 0.1) is 0 Å². The van der Waals surface area contributed by atoms with E-state index < -0.39 is 0 Å². The first-order valence-electron chi connectivity index (χ1n) is 6.58. The number of ether oxygens (including phenoxy) is 1. The fraction of sp³-hybridized carbons (Fsp3) is 0. The summed E-state index contributed by atoms with van der Waals surface area (Å²) >= 11 is 0.0271. The molecule has 4 heteroatoms. The van der Waals surface area contributed by atoms with Gasteiger partial charge in [0.25, 0.3) is 0 Å². The molecule has 1 aromatic heterocycles. The van der Waals surface area contributed by atoms with E-state index in [2.05, 4.69) is 4.90 Å². The van der Waals surface area contributed by atoms with Crippen LogP contribution in [0.5, 0.6) is 11.5 Å². The summed E-state index contributed by atoms with van der Waals surface area (Å²) < 4.78 is 7.98. The van der Waals surface area contributed by atoms with Gasteiger partial charge in [-0.1, -0.05) is 0 Å². The van der Waals surface area contributed by atoms with Crippen molar-refractivity contribution in [1.29, 1.82) is 0 Å². The van der Waals surface area contributed by atoms with Gasteiger partial charge in [-0.2, -0.15) is 0 Å². The zero-order chi connectivity index (χ0) is 14.2. The number of benzene rings is 2. The van der Waals surface area contributed by atoms with Gasteiger partial charge in [-0.25, -0.2) is 0 Å². The number of hydrogen-bond donors (Lipinski definition) is 0. The number of aldehydes is 1. The molecule has 4 rings (SSSR count). The van der Waals surface area contributed by atoms with Crippen LogP contribution in [-0.2, 0) is 0 Å². The second-order valence-corrected chi connectivity index (χ2v) is 6.96. The Balaban J connectivity index is 1.94. The SMILES string of the molecule is O=Cc1ccc(N2c3ccccc3Oc3ccccc32)[se]1. The van der Waals surface area contributed by atoms with Crippen LogP contribution in [-0.4, -0.2) is 20.8 Å². The number of hydrogen-bond acceptors (Lipinski definition) is 3. The van der Waals surface area contributed by atoms with Crippen LogP contribution in [0.15, 0.2) is 60.7 Å². The zero-order valence-corrected chi connectivity index (χ0v) is 12.7. The molecule has 0 unspecified atom stereocenters. The summed E-state index contributed by atoms with van der Waals surface area (Å²) in [7, 11) is 0. The minimum atomic E-state index is 0.0271. The average molecular weight is 340 g/mol. The molecule has 0 N–H and O–H groups in total. The summed E-state index contributed by atoms with van der Waals surface area (Å²) in [6.45, 7) is 0. The van der Waals surface area contributed by atoms with Crippen molar-refractivity contribution in [3.63, 3.8) is 0 Å². The van der Waals surface area contributed by atoms with Gasteiger partial charge in [0.2, 0.25) is 0 Å². The Bertz CT molecular complexity index is 779. The van der Waals surface area contributed by atoms with Crippen LogP contribution in [0.3, 0.4) is 0 Å². The van der Waals surface area contributed by atoms with Crippen LogP contribution >= 0.6 is 0 Å². The van der Waals surface area contributed by atoms with Crippen LogP contribution in [0.4, 0.5) is 15.9 Å². The second kappa shape index (κ2) is 4.92. The Morgan fingerprint density at radius 2 is 1.48 bits per heavy atom. The van der Waals surface area contributed by atoms with Crippen molar-refractivity contribution < 1.29 is 9.53 Å². The molecule has 0 radical (unpaired) electrons. The molecule has 2 aromatic carbocycles. The summed E-state index contributed by atoms with van der Waals surface area (Å²) in [5.41, 5.74) is 2.04. The Morgan fingerprint density at radius 1 is 0.857 bits per heavy atom. The predicted molar refractivity (Wildman–Crippen MR) is 83.5 cm³/mol. The van der Waals surface area contributed by atoms with E-state index in [1.54, 1.807) is 0 Å². The number of rotatable bonds is 2. The number of nitrogens with zero attached hydrogens (tertiary/aromatic N) is 1. The fourth-order valence-electron chi connectivity index (χ4n) is 2.47. The Hall–Kier alpha value is -2.29. The van der Waals surface area contributed by atoms with E-state index >= 15 is 0 Å². The summed E-state index contributed by atoms with van der Waals surface area (Å²) in [6, 6.07) is 19.9. The quantitative estimate of drug-likeness (QED) is 0.406. The predicted octanol–water partition coefficient (Wildman–Crippen LogP) is 4.13. The van der Waals surface area contributed by atoms with E-state index in [9.17, 15) is 4.79 Å². The second-order valence-electron chi connectivity index (χ2n) is 4.67. The molecule has 1 aliphatic rings. The summed E-state index contributed by atoms with van der Waals surface area (Å²) in [5.74, 6) is 1.68. The van der Waals surface area contributed by atoms with Crippen molar-refractivity contribution in [2.45, 2.75) is 0 Å². The summed E-state index contributed by atoms with van der Waals surface area (Å²) in [4.78, 5) is 13.2. The summed E-state index contributed by atoms with van der Waals surface area (Å²) in [6.07, 6.45) is 0.946. The van der Waals surface area contributed by atoms with Crippen LogP contribution < -0.4 is 9.64 Å². The standard InChI is InChI=1S/C17H11NO2Se/c19-11-12-9-10-17(21-12)18-13-5-1-3-7-15(13)20-16-8-4-2-6-14(16)18/h1-11H. The minimum absolute atomic E-state index is 0.0271. The third-order valence-electron chi connectivity index (χ3n) is 3.38. The number of fused-ring (bicyclic) bond motifs is 2. The Kier molecular flexibility index (Phi) is 2.92. The Morgan fingerprint density at radius 3 is 2.05 bits per heavy atom. The van der Waals surface area contributed by atoms with Crippen molar-refractivity contribution in [2.75, 3.05) is 4.90 Å². The molecule has 0 spiro atoms. The average Bonchev–Trinajstić information content (AvgIpc) is 3.01. The van der Waals surface area contributed by atoms with Gasteiger partial charge in [0.05, 0.1) is 0 Å². The van der Waals surface area contributed by atoms with Gasteiger partial charge in [-0.05, 0) is 0 Å². The molecule has 0 bridgehead atoms. The molecule has 2 heterocycles. The van der Waals surface area contributed by atoms with Gasteiger partial charge in [0.15, 0.2) is 0 Å². The van der Waals surface area contributed by atoms with Crippen molar-refractivity contribution in [3.05, 3.63) is 65.1 Å².